The van der Waals surface area contributed by atoms with Crippen molar-refractivity contribution in [1.82, 2.24) is 4.90 Å². The molecule has 0 saturated carbocycles. The number of rotatable bonds is 1. The van der Waals surface area contributed by atoms with Crippen LogP contribution < -0.4 is 0 Å². The lowest BCUT2D eigenvalue weighted by Gasteiger charge is -2.09. The van der Waals surface area contributed by atoms with Gasteiger partial charge >= 0.3 is 6.09 Å². The summed E-state index contributed by atoms with van der Waals surface area (Å²) < 4.78 is 0. The predicted molar refractivity (Wildman–Crippen MR) is 61.1 cm³/mol. The number of benzene rings is 1. The fourth-order valence-corrected chi connectivity index (χ4v) is 2.57. The fourth-order valence-electron chi connectivity index (χ4n) is 1.96. The number of amides is 1. The van der Waals surface area contributed by atoms with Crippen LogP contribution in [0.2, 0.25) is 0 Å². The molecule has 4 heteroatoms. The Kier molecular flexibility index (Phi) is 2.69. The van der Waals surface area contributed by atoms with Crippen molar-refractivity contribution >= 4 is 22.0 Å². The number of carbonyl (C=O) groups is 1. The number of alkyl halides is 1. The number of fused-ring (bicyclic) bond motifs is 1. The zero-order chi connectivity index (χ0) is 11.0. The van der Waals surface area contributed by atoms with Gasteiger partial charge in [-0.3, -0.25) is 4.90 Å². The van der Waals surface area contributed by atoms with E-state index < -0.39 is 6.09 Å². The SMILES string of the molecule is Cc1c(CBr)ccc2c1CN(C(=O)O)C2. The quantitative estimate of drug-likeness (QED) is 0.797. The van der Waals surface area contributed by atoms with Crippen molar-refractivity contribution < 1.29 is 9.90 Å². The minimum atomic E-state index is -0.842. The first kappa shape index (κ1) is 10.5. The number of carboxylic acid groups (broad SMARTS) is 1. The number of nitrogens with zero attached hydrogens (tertiary/aromatic N) is 1. The third-order valence-electron chi connectivity index (χ3n) is 2.93. The van der Waals surface area contributed by atoms with Gasteiger partial charge in [-0.05, 0) is 29.2 Å². The van der Waals surface area contributed by atoms with E-state index in [2.05, 4.69) is 28.9 Å². The summed E-state index contributed by atoms with van der Waals surface area (Å²) in [5.74, 6) is 0. The maximum Gasteiger partial charge on any atom is 0.407 e. The molecule has 0 aromatic heterocycles. The molecule has 0 fully saturated rings. The second-order valence-electron chi connectivity index (χ2n) is 3.76. The molecule has 1 aliphatic heterocycles. The van der Waals surface area contributed by atoms with Gasteiger partial charge in [-0.15, -0.1) is 0 Å². The Labute approximate surface area is 96.8 Å². The van der Waals surface area contributed by atoms with Gasteiger partial charge in [0.25, 0.3) is 0 Å². The van der Waals surface area contributed by atoms with Crippen molar-refractivity contribution in [1.29, 1.82) is 0 Å². The lowest BCUT2D eigenvalue weighted by atomic mass is 10.0. The highest BCUT2D eigenvalue weighted by molar-refractivity contribution is 9.08. The van der Waals surface area contributed by atoms with Crippen LogP contribution in [-0.2, 0) is 18.4 Å². The van der Waals surface area contributed by atoms with Crippen molar-refractivity contribution in [2.24, 2.45) is 0 Å². The monoisotopic (exact) mass is 269 g/mol. The summed E-state index contributed by atoms with van der Waals surface area (Å²) in [6.07, 6.45) is -0.842. The van der Waals surface area contributed by atoms with Crippen molar-refractivity contribution in [3.63, 3.8) is 0 Å². The zero-order valence-electron chi connectivity index (χ0n) is 8.46. The molecule has 2 rings (SSSR count). The van der Waals surface area contributed by atoms with E-state index in [0.717, 1.165) is 10.9 Å². The Morgan fingerprint density at radius 2 is 2.27 bits per heavy atom. The Morgan fingerprint density at radius 3 is 2.87 bits per heavy atom. The minimum absolute atomic E-state index is 0.522. The summed E-state index contributed by atoms with van der Waals surface area (Å²) in [5.41, 5.74) is 4.77. The molecule has 0 unspecified atom stereocenters. The normalized spacial score (nSPS) is 14.1. The van der Waals surface area contributed by atoms with E-state index in [1.54, 1.807) is 0 Å². The molecule has 1 aromatic carbocycles. The molecular formula is C11H12BrNO2. The first-order valence-corrected chi connectivity index (χ1v) is 5.89. The van der Waals surface area contributed by atoms with Crippen LogP contribution in [0.5, 0.6) is 0 Å². The van der Waals surface area contributed by atoms with Crippen molar-refractivity contribution in [2.45, 2.75) is 25.3 Å². The fraction of sp³-hybridized carbons (Fsp3) is 0.364. The van der Waals surface area contributed by atoms with Crippen molar-refractivity contribution in [3.8, 4) is 0 Å². The Balaban J connectivity index is 2.38. The maximum atomic E-state index is 10.9. The van der Waals surface area contributed by atoms with Gasteiger partial charge in [-0.1, -0.05) is 28.1 Å². The van der Waals surface area contributed by atoms with Crippen LogP contribution in [0.15, 0.2) is 12.1 Å². The third-order valence-corrected chi connectivity index (χ3v) is 3.54. The minimum Gasteiger partial charge on any atom is -0.465 e. The predicted octanol–water partition coefficient (Wildman–Crippen LogP) is 2.88. The van der Waals surface area contributed by atoms with Crippen LogP contribution in [0.3, 0.4) is 0 Å². The van der Waals surface area contributed by atoms with E-state index in [-0.39, 0.29) is 0 Å². The third kappa shape index (κ3) is 1.74. The number of halogens is 1. The van der Waals surface area contributed by atoms with Crippen molar-refractivity contribution in [2.75, 3.05) is 0 Å². The van der Waals surface area contributed by atoms with Gasteiger partial charge < -0.3 is 5.11 Å². The highest BCUT2D eigenvalue weighted by Crippen LogP contribution is 2.28. The second kappa shape index (κ2) is 3.85. The summed E-state index contributed by atoms with van der Waals surface area (Å²) in [6.45, 7) is 3.10. The van der Waals surface area contributed by atoms with E-state index >= 15 is 0 Å². The van der Waals surface area contributed by atoms with Crippen LogP contribution in [0, 0.1) is 6.92 Å². The topological polar surface area (TPSA) is 40.5 Å². The van der Waals surface area contributed by atoms with E-state index in [9.17, 15) is 4.79 Å². The van der Waals surface area contributed by atoms with Gasteiger partial charge in [0.05, 0.1) is 0 Å². The molecule has 80 valence electrons. The van der Waals surface area contributed by atoms with Gasteiger partial charge in [-0.2, -0.15) is 0 Å². The smallest absolute Gasteiger partial charge is 0.407 e. The molecule has 15 heavy (non-hydrogen) atoms. The highest BCUT2D eigenvalue weighted by atomic mass is 79.9. The summed E-state index contributed by atoms with van der Waals surface area (Å²) in [6, 6.07) is 4.09. The molecule has 0 bridgehead atoms. The van der Waals surface area contributed by atoms with Crippen molar-refractivity contribution in [3.05, 3.63) is 34.4 Å². The molecule has 1 aromatic rings. The number of hydrogen-bond acceptors (Lipinski definition) is 1. The lowest BCUT2D eigenvalue weighted by molar-refractivity contribution is 0.145. The summed E-state index contributed by atoms with van der Waals surface area (Å²) in [4.78, 5) is 12.3. The lowest BCUT2D eigenvalue weighted by Crippen LogP contribution is -2.22. The maximum absolute atomic E-state index is 10.9. The van der Waals surface area contributed by atoms with Gasteiger partial charge in [-0.25, -0.2) is 4.79 Å². The Hall–Kier alpha value is -1.03. The van der Waals surface area contributed by atoms with Crippen LogP contribution in [0.1, 0.15) is 22.3 Å². The Bertz CT molecular complexity index is 417. The molecule has 0 atom stereocenters. The number of hydrogen-bond donors (Lipinski definition) is 1. The van der Waals surface area contributed by atoms with Gasteiger partial charge in [0.2, 0.25) is 0 Å². The van der Waals surface area contributed by atoms with E-state index in [0.29, 0.717) is 13.1 Å². The summed E-state index contributed by atoms with van der Waals surface area (Å²) in [5, 5.41) is 9.74. The first-order chi connectivity index (χ1) is 7.13. The molecule has 1 N–H and O–H groups in total. The van der Waals surface area contributed by atoms with Gasteiger partial charge in [0.1, 0.15) is 0 Å². The van der Waals surface area contributed by atoms with Crippen LogP contribution in [0.25, 0.3) is 0 Å². The van der Waals surface area contributed by atoms with E-state index in [1.165, 1.54) is 21.6 Å². The molecule has 1 heterocycles. The Morgan fingerprint density at radius 1 is 1.53 bits per heavy atom. The zero-order valence-corrected chi connectivity index (χ0v) is 10.0. The van der Waals surface area contributed by atoms with Gasteiger partial charge in [0.15, 0.2) is 0 Å². The van der Waals surface area contributed by atoms with E-state index in [4.69, 9.17) is 5.11 Å². The average molecular weight is 270 g/mol. The van der Waals surface area contributed by atoms with Gasteiger partial charge in [0, 0.05) is 18.4 Å². The van der Waals surface area contributed by atoms with Crippen LogP contribution in [0.4, 0.5) is 4.79 Å². The largest absolute Gasteiger partial charge is 0.465 e. The molecular weight excluding hydrogens is 258 g/mol. The van der Waals surface area contributed by atoms with Crippen LogP contribution >= 0.6 is 15.9 Å². The molecule has 0 aliphatic carbocycles. The molecule has 1 aliphatic rings. The average Bonchev–Trinajstić information content (AvgIpc) is 2.63. The molecule has 1 amide bonds. The molecule has 0 radical (unpaired) electrons. The molecule has 3 nitrogen and oxygen atoms in total. The standard InChI is InChI=1S/C11H12BrNO2/c1-7-8(4-12)2-3-9-5-13(11(14)15)6-10(7)9/h2-3H,4-6H2,1H3,(H,14,15). The molecule has 0 spiro atoms. The summed E-state index contributed by atoms with van der Waals surface area (Å²) in [7, 11) is 0. The highest BCUT2D eigenvalue weighted by Gasteiger charge is 2.24. The molecule has 0 saturated heterocycles. The van der Waals surface area contributed by atoms with E-state index in [1.807, 2.05) is 6.07 Å². The first-order valence-electron chi connectivity index (χ1n) is 4.77. The second-order valence-corrected chi connectivity index (χ2v) is 4.32. The van der Waals surface area contributed by atoms with Crippen LogP contribution in [-0.4, -0.2) is 16.1 Å². The summed E-state index contributed by atoms with van der Waals surface area (Å²) >= 11 is 3.43.